The van der Waals surface area contributed by atoms with E-state index < -0.39 is 48.0 Å². The highest BCUT2D eigenvalue weighted by Crippen LogP contribution is 2.31. The van der Waals surface area contributed by atoms with Crippen LogP contribution in [0.3, 0.4) is 0 Å². The second-order valence-corrected chi connectivity index (χ2v) is 9.25. The molecule has 6 N–H and O–H groups in total. The van der Waals surface area contributed by atoms with Crippen LogP contribution in [0.5, 0.6) is 5.88 Å². The number of primary amides is 1. The third-order valence-corrected chi connectivity index (χ3v) is 5.75. The minimum absolute atomic E-state index is 0.0899. The van der Waals surface area contributed by atoms with Gasteiger partial charge < -0.3 is 30.9 Å². The van der Waals surface area contributed by atoms with Crippen LogP contribution in [-0.2, 0) is 11.4 Å². The van der Waals surface area contributed by atoms with Gasteiger partial charge in [0.2, 0.25) is 11.8 Å². The van der Waals surface area contributed by atoms with Gasteiger partial charge in [-0.15, -0.1) is 0 Å². The molecule has 4 amide bonds. The van der Waals surface area contributed by atoms with Crippen LogP contribution in [0.4, 0.5) is 18.6 Å². The highest BCUT2D eigenvalue weighted by molar-refractivity contribution is 9.10. The van der Waals surface area contributed by atoms with Gasteiger partial charge in [-0.1, -0.05) is 15.9 Å². The molecule has 0 bridgehead atoms. The zero-order valence-electron chi connectivity index (χ0n) is 18.7. The van der Waals surface area contributed by atoms with E-state index in [2.05, 4.69) is 30.9 Å². The number of benzene rings is 1. The maximum absolute atomic E-state index is 14.0. The minimum atomic E-state index is -1.16. The first-order chi connectivity index (χ1) is 16.4. The largest absolute Gasteiger partial charge is 0.471 e. The Morgan fingerprint density at radius 3 is 2.43 bits per heavy atom. The van der Waals surface area contributed by atoms with Crippen LogP contribution in [-0.4, -0.2) is 70.2 Å². The van der Waals surface area contributed by atoms with Gasteiger partial charge in [0.15, 0.2) is 0 Å². The van der Waals surface area contributed by atoms with Crippen molar-refractivity contribution in [2.75, 3.05) is 26.0 Å². The molecule has 2 rings (SSSR count). The summed E-state index contributed by atoms with van der Waals surface area (Å²) in [6, 6.07) is 1.26. The number of aromatic nitrogens is 1. The van der Waals surface area contributed by atoms with Crippen LogP contribution in [0.15, 0.2) is 16.6 Å². The predicted molar refractivity (Wildman–Crippen MR) is 126 cm³/mol. The number of ether oxygens (including phenoxy) is 1. The lowest BCUT2D eigenvalue weighted by atomic mass is 10.1. The summed E-state index contributed by atoms with van der Waals surface area (Å²) in [5.74, 6) is -3.40. The summed E-state index contributed by atoms with van der Waals surface area (Å²) in [5.41, 5.74) is 4.64. The van der Waals surface area contributed by atoms with Gasteiger partial charge in [0.1, 0.15) is 28.8 Å². The van der Waals surface area contributed by atoms with Crippen molar-refractivity contribution in [2.24, 2.45) is 5.73 Å². The Hall–Kier alpha value is -2.88. The number of aliphatic hydroxyl groups excluding tert-OH is 2. The fraction of sp³-hybridized carbons (Fsp3) is 0.400. The summed E-state index contributed by atoms with van der Waals surface area (Å²) in [4.78, 5) is 36.9. The van der Waals surface area contributed by atoms with Crippen LogP contribution < -0.4 is 21.1 Å². The number of hydrogen-bond acceptors (Lipinski definition) is 8. The molecule has 1 aromatic carbocycles. The van der Waals surface area contributed by atoms with Gasteiger partial charge in [-0.25, -0.2) is 13.6 Å². The summed E-state index contributed by atoms with van der Waals surface area (Å²) < 4.78 is 37.3. The van der Waals surface area contributed by atoms with E-state index in [1.165, 1.54) is 19.0 Å². The first-order valence-corrected chi connectivity index (χ1v) is 11.6. The number of aliphatic hydroxyl groups is 2. The van der Waals surface area contributed by atoms with Gasteiger partial charge in [-0.2, -0.15) is 4.37 Å². The van der Waals surface area contributed by atoms with Crippen molar-refractivity contribution in [2.45, 2.75) is 31.7 Å². The van der Waals surface area contributed by atoms with E-state index >= 15 is 0 Å². The topological polar surface area (TPSA) is 167 Å². The predicted octanol–water partition coefficient (Wildman–Crippen LogP) is 1.57. The maximum Gasteiger partial charge on any atom is 0.320 e. The molecule has 1 heterocycles. The molecule has 11 nitrogen and oxygen atoms in total. The number of nitrogens with zero attached hydrogens (tertiary/aromatic N) is 2. The number of hydrogen-bond donors (Lipinski definition) is 5. The Labute approximate surface area is 211 Å². The van der Waals surface area contributed by atoms with E-state index in [4.69, 9.17) is 10.5 Å². The number of urea groups is 1. The molecule has 0 unspecified atom stereocenters. The van der Waals surface area contributed by atoms with Gasteiger partial charge in [0, 0.05) is 31.5 Å². The van der Waals surface area contributed by atoms with Crippen LogP contribution in [0.25, 0.3) is 0 Å². The Morgan fingerprint density at radius 2 is 1.86 bits per heavy atom. The quantitative estimate of drug-likeness (QED) is 0.269. The molecule has 192 valence electrons. The molecule has 0 radical (unpaired) electrons. The Balaban J connectivity index is 1.95. The molecule has 2 atom stereocenters. The molecule has 2 aromatic rings. The van der Waals surface area contributed by atoms with Crippen molar-refractivity contribution < 1.29 is 38.1 Å². The molecule has 0 aliphatic heterocycles. The summed E-state index contributed by atoms with van der Waals surface area (Å²) in [7, 11) is 3.07. The van der Waals surface area contributed by atoms with E-state index in [1.54, 1.807) is 0 Å². The van der Waals surface area contributed by atoms with E-state index in [9.17, 15) is 33.4 Å². The number of nitrogens with two attached hydrogens (primary N) is 1. The smallest absolute Gasteiger partial charge is 0.320 e. The normalized spacial score (nSPS) is 12.5. The summed E-state index contributed by atoms with van der Waals surface area (Å²) >= 11 is 3.61. The van der Waals surface area contributed by atoms with Crippen molar-refractivity contribution in [3.8, 4) is 5.88 Å². The number of amides is 4. The second kappa shape index (κ2) is 12.7. The Kier molecular flexibility index (Phi) is 10.3. The van der Waals surface area contributed by atoms with Crippen molar-refractivity contribution in [3.63, 3.8) is 0 Å². The van der Waals surface area contributed by atoms with E-state index in [0.29, 0.717) is 11.5 Å². The molecular formula is C20H24BrF2N5O6S. The molecule has 0 saturated carbocycles. The van der Waals surface area contributed by atoms with Crippen LogP contribution in [0.2, 0.25) is 0 Å². The third kappa shape index (κ3) is 8.38. The van der Waals surface area contributed by atoms with E-state index in [1.807, 2.05) is 0 Å². The molecule has 35 heavy (non-hydrogen) atoms. The zero-order valence-corrected chi connectivity index (χ0v) is 21.1. The molecule has 0 fully saturated rings. The van der Waals surface area contributed by atoms with Gasteiger partial charge in [-0.3, -0.25) is 14.9 Å². The van der Waals surface area contributed by atoms with Crippen LogP contribution in [0.1, 0.15) is 28.8 Å². The number of halogens is 3. The summed E-state index contributed by atoms with van der Waals surface area (Å²) in [6.45, 7) is -0.860. The average molecular weight is 580 g/mol. The monoisotopic (exact) mass is 579 g/mol. The van der Waals surface area contributed by atoms with Gasteiger partial charge in [-0.05, 0) is 23.7 Å². The number of carbonyl (C=O) groups is 3. The van der Waals surface area contributed by atoms with Crippen molar-refractivity contribution >= 4 is 50.3 Å². The molecular weight excluding hydrogens is 556 g/mol. The fourth-order valence-corrected chi connectivity index (χ4v) is 3.89. The van der Waals surface area contributed by atoms with Gasteiger partial charge in [0.05, 0.1) is 24.2 Å². The minimum Gasteiger partial charge on any atom is -0.471 e. The van der Waals surface area contributed by atoms with Crippen LogP contribution in [0, 0.1) is 11.6 Å². The average Bonchev–Trinajstić information content (AvgIpc) is 3.13. The standard InChI is InChI=1S/C20H24BrF2N5O6S/c1-28(2)15(31)6-10(29)5-11(30)7-25-20(33)26-19-16(17(24)32)18(27-35-19)34-8-12-13(22)3-9(21)4-14(12)23/h3-4,10-11,29-30H,5-8H2,1-2H3,(H2,24,32)(H2,25,26,33)/t10-,11+/m1/s1. The number of carbonyl (C=O) groups excluding carboxylic acids is 3. The third-order valence-electron chi connectivity index (χ3n) is 4.54. The summed E-state index contributed by atoms with van der Waals surface area (Å²) in [5, 5.41) is 24.4. The summed E-state index contributed by atoms with van der Waals surface area (Å²) in [6.07, 6.45) is -2.60. The zero-order chi connectivity index (χ0) is 26.3. The SMILES string of the molecule is CN(C)C(=O)C[C@H](O)C[C@H](O)CNC(=O)Nc1snc(OCc2c(F)cc(Br)cc2F)c1C(N)=O. The Bertz CT molecular complexity index is 1060. The number of rotatable bonds is 11. The molecule has 0 aliphatic carbocycles. The lowest BCUT2D eigenvalue weighted by molar-refractivity contribution is -0.131. The van der Waals surface area contributed by atoms with Crippen molar-refractivity contribution in [3.05, 3.63) is 39.4 Å². The molecule has 0 spiro atoms. The highest BCUT2D eigenvalue weighted by Gasteiger charge is 2.23. The highest BCUT2D eigenvalue weighted by atomic mass is 79.9. The maximum atomic E-state index is 14.0. The van der Waals surface area contributed by atoms with Crippen molar-refractivity contribution in [1.29, 1.82) is 0 Å². The molecule has 0 saturated heterocycles. The van der Waals surface area contributed by atoms with E-state index in [-0.39, 0.29) is 46.2 Å². The molecule has 1 aromatic heterocycles. The molecule has 15 heteroatoms. The first-order valence-electron chi connectivity index (χ1n) is 10.1. The van der Waals surface area contributed by atoms with Crippen molar-refractivity contribution in [1.82, 2.24) is 14.6 Å². The van der Waals surface area contributed by atoms with Gasteiger partial charge in [0.25, 0.3) is 5.91 Å². The number of nitrogens with one attached hydrogen (secondary N) is 2. The van der Waals surface area contributed by atoms with Crippen LogP contribution >= 0.6 is 27.5 Å². The first kappa shape index (κ1) is 28.4. The molecule has 0 aliphatic rings. The van der Waals surface area contributed by atoms with E-state index in [0.717, 1.165) is 12.1 Å². The lowest BCUT2D eigenvalue weighted by Gasteiger charge is -2.18. The fourth-order valence-electron chi connectivity index (χ4n) is 2.75. The second-order valence-electron chi connectivity index (χ2n) is 7.56. The lowest BCUT2D eigenvalue weighted by Crippen LogP contribution is -2.37. The van der Waals surface area contributed by atoms with Gasteiger partial charge >= 0.3 is 6.03 Å². The number of anilines is 1. The Morgan fingerprint density at radius 1 is 1.23 bits per heavy atom.